The number of rotatable bonds is 3. The Bertz CT molecular complexity index is 479. The molecule has 1 aromatic carbocycles. The third kappa shape index (κ3) is 3.07. The molecule has 2 heteroatoms. The van der Waals surface area contributed by atoms with E-state index in [1.54, 1.807) is 0 Å². The van der Waals surface area contributed by atoms with Gasteiger partial charge in [0.25, 0.3) is 0 Å². The Balaban J connectivity index is 1.90. The minimum Gasteiger partial charge on any atom is -0.293 e. The van der Waals surface area contributed by atoms with Gasteiger partial charge >= 0.3 is 0 Å². The SMILES string of the molecule is Cc1ccc(C(=S)C2(N3CCCCC3)CCCCC2)cc1. The lowest BCUT2D eigenvalue weighted by molar-refractivity contribution is 0.0892. The second-order valence-corrected chi connectivity index (χ2v) is 7.24. The van der Waals surface area contributed by atoms with Gasteiger partial charge in [0.1, 0.15) is 0 Å². The summed E-state index contributed by atoms with van der Waals surface area (Å²) in [6, 6.07) is 8.87. The maximum absolute atomic E-state index is 6.04. The molecular formula is C19H27NS. The zero-order valence-corrected chi connectivity index (χ0v) is 14.1. The van der Waals surface area contributed by atoms with Gasteiger partial charge in [0.05, 0.1) is 5.54 Å². The summed E-state index contributed by atoms with van der Waals surface area (Å²) in [6.45, 7) is 4.63. The van der Waals surface area contributed by atoms with Gasteiger partial charge in [-0.3, -0.25) is 4.90 Å². The largest absolute Gasteiger partial charge is 0.293 e. The molecule has 0 radical (unpaired) electrons. The third-order valence-corrected chi connectivity index (χ3v) is 5.99. The molecule has 0 unspecified atom stereocenters. The zero-order chi connectivity index (χ0) is 14.7. The first kappa shape index (κ1) is 15.2. The van der Waals surface area contributed by atoms with Gasteiger partial charge in [-0.25, -0.2) is 0 Å². The van der Waals surface area contributed by atoms with Crippen LogP contribution in [0.3, 0.4) is 0 Å². The Morgan fingerprint density at radius 1 is 0.905 bits per heavy atom. The van der Waals surface area contributed by atoms with Gasteiger partial charge in [-0.1, -0.05) is 67.7 Å². The van der Waals surface area contributed by atoms with E-state index in [0.29, 0.717) is 0 Å². The van der Waals surface area contributed by atoms with E-state index in [9.17, 15) is 0 Å². The van der Waals surface area contributed by atoms with Crippen LogP contribution < -0.4 is 0 Å². The van der Waals surface area contributed by atoms with E-state index < -0.39 is 0 Å². The highest BCUT2D eigenvalue weighted by molar-refractivity contribution is 7.81. The molecule has 0 N–H and O–H groups in total. The molecule has 0 atom stereocenters. The molecule has 1 aromatic rings. The predicted octanol–water partition coefficient (Wildman–Crippen LogP) is 4.90. The topological polar surface area (TPSA) is 3.24 Å². The molecule has 0 bridgehead atoms. The van der Waals surface area contributed by atoms with Gasteiger partial charge in [0.2, 0.25) is 0 Å². The molecule has 3 rings (SSSR count). The number of nitrogens with zero attached hydrogens (tertiary/aromatic N) is 1. The summed E-state index contributed by atoms with van der Waals surface area (Å²) >= 11 is 6.04. The first-order valence-electron chi connectivity index (χ1n) is 8.59. The summed E-state index contributed by atoms with van der Waals surface area (Å²) in [5, 5.41) is 0. The predicted molar refractivity (Wildman–Crippen MR) is 94.1 cm³/mol. The molecular weight excluding hydrogens is 274 g/mol. The van der Waals surface area contributed by atoms with Crippen LogP contribution in [-0.2, 0) is 0 Å². The van der Waals surface area contributed by atoms with Crippen LogP contribution >= 0.6 is 12.2 Å². The van der Waals surface area contributed by atoms with Crippen molar-refractivity contribution >= 4 is 17.1 Å². The van der Waals surface area contributed by atoms with Gasteiger partial charge in [-0.15, -0.1) is 0 Å². The fraction of sp³-hybridized carbons (Fsp3) is 0.632. The van der Waals surface area contributed by atoms with Crippen molar-refractivity contribution in [2.24, 2.45) is 0 Å². The number of hydrogen-bond acceptors (Lipinski definition) is 2. The number of benzene rings is 1. The summed E-state index contributed by atoms with van der Waals surface area (Å²) in [5.74, 6) is 0. The number of aryl methyl sites for hydroxylation is 1. The number of thiocarbonyl (C=S) groups is 1. The molecule has 2 aliphatic rings. The molecule has 2 fully saturated rings. The molecule has 1 aliphatic carbocycles. The molecule has 1 aliphatic heterocycles. The molecule has 1 heterocycles. The highest BCUT2D eigenvalue weighted by Gasteiger charge is 2.42. The second-order valence-electron chi connectivity index (χ2n) is 6.84. The van der Waals surface area contributed by atoms with Crippen LogP contribution in [0.4, 0.5) is 0 Å². The fourth-order valence-corrected chi connectivity index (χ4v) is 4.59. The second kappa shape index (κ2) is 6.58. The third-order valence-electron chi connectivity index (χ3n) is 5.38. The van der Waals surface area contributed by atoms with Crippen LogP contribution in [0.15, 0.2) is 24.3 Å². The van der Waals surface area contributed by atoms with E-state index in [-0.39, 0.29) is 5.54 Å². The van der Waals surface area contributed by atoms with E-state index in [4.69, 9.17) is 12.2 Å². The van der Waals surface area contributed by atoms with Gasteiger partial charge in [0.15, 0.2) is 0 Å². The Morgan fingerprint density at radius 2 is 1.48 bits per heavy atom. The van der Waals surface area contributed by atoms with E-state index in [0.717, 1.165) is 0 Å². The summed E-state index contributed by atoms with van der Waals surface area (Å²) in [6.07, 6.45) is 10.7. The monoisotopic (exact) mass is 301 g/mol. The van der Waals surface area contributed by atoms with E-state index in [2.05, 4.69) is 36.1 Å². The maximum atomic E-state index is 6.04. The minimum absolute atomic E-state index is 0.170. The van der Waals surface area contributed by atoms with Crippen molar-refractivity contribution in [2.45, 2.75) is 63.8 Å². The summed E-state index contributed by atoms with van der Waals surface area (Å²) in [4.78, 5) is 3.95. The van der Waals surface area contributed by atoms with Crippen molar-refractivity contribution in [3.05, 3.63) is 35.4 Å². The van der Waals surface area contributed by atoms with Crippen LogP contribution in [-0.4, -0.2) is 28.4 Å². The van der Waals surface area contributed by atoms with Crippen molar-refractivity contribution in [3.8, 4) is 0 Å². The highest BCUT2D eigenvalue weighted by Crippen LogP contribution is 2.38. The lowest BCUT2D eigenvalue weighted by Crippen LogP contribution is -2.57. The minimum atomic E-state index is 0.170. The fourth-order valence-electron chi connectivity index (χ4n) is 4.12. The van der Waals surface area contributed by atoms with E-state index >= 15 is 0 Å². The van der Waals surface area contributed by atoms with Crippen molar-refractivity contribution in [1.29, 1.82) is 0 Å². The maximum Gasteiger partial charge on any atom is 0.0568 e. The molecule has 0 aromatic heterocycles. The quantitative estimate of drug-likeness (QED) is 0.577. The Hall–Kier alpha value is -0.730. The number of piperidine rings is 1. The molecule has 1 nitrogen and oxygen atoms in total. The van der Waals surface area contributed by atoms with Crippen LogP contribution in [0, 0.1) is 6.92 Å². The molecule has 1 saturated heterocycles. The molecule has 0 amide bonds. The Morgan fingerprint density at radius 3 is 2.10 bits per heavy atom. The van der Waals surface area contributed by atoms with Gasteiger partial charge in [-0.2, -0.15) is 0 Å². The zero-order valence-electron chi connectivity index (χ0n) is 13.2. The van der Waals surface area contributed by atoms with Crippen LogP contribution in [0.25, 0.3) is 0 Å². The Kier molecular flexibility index (Phi) is 4.75. The van der Waals surface area contributed by atoms with E-state index in [1.165, 1.54) is 80.4 Å². The van der Waals surface area contributed by atoms with Crippen LogP contribution in [0.5, 0.6) is 0 Å². The molecule has 0 spiro atoms. The lowest BCUT2D eigenvalue weighted by atomic mass is 9.75. The normalized spacial score (nSPS) is 22.9. The average molecular weight is 301 g/mol. The van der Waals surface area contributed by atoms with Gasteiger partial charge in [-0.05, 0) is 51.3 Å². The summed E-state index contributed by atoms with van der Waals surface area (Å²) in [5.41, 5.74) is 2.77. The molecule has 1 saturated carbocycles. The summed E-state index contributed by atoms with van der Waals surface area (Å²) < 4.78 is 0. The summed E-state index contributed by atoms with van der Waals surface area (Å²) in [7, 11) is 0. The lowest BCUT2D eigenvalue weighted by Gasteiger charge is -2.48. The van der Waals surface area contributed by atoms with E-state index in [1.807, 2.05) is 0 Å². The smallest absolute Gasteiger partial charge is 0.0568 e. The van der Waals surface area contributed by atoms with Gasteiger partial charge < -0.3 is 0 Å². The van der Waals surface area contributed by atoms with Crippen molar-refractivity contribution in [1.82, 2.24) is 4.90 Å². The highest BCUT2D eigenvalue weighted by atomic mass is 32.1. The van der Waals surface area contributed by atoms with Crippen molar-refractivity contribution < 1.29 is 0 Å². The van der Waals surface area contributed by atoms with Gasteiger partial charge in [0, 0.05) is 4.86 Å². The average Bonchev–Trinajstić information content (AvgIpc) is 2.56. The standard InChI is InChI=1S/C19H27NS/c1-16-8-10-17(11-9-16)18(21)19(12-4-2-5-13-19)20-14-6-3-7-15-20/h8-11H,2-7,12-15H2,1H3. The van der Waals surface area contributed by atoms with Crippen LogP contribution in [0.1, 0.15) is 62.5 Å². The Labute approximate surface area is 134 Å². The number of hydrogen-bond donors (Lipinski definition) is 0. The molecule has 114 valence electrons. The first-order chi connectivity index (χ1) is 10.2. The van der Waals surface area contributed by atoms with Crippen molar-refractivity contribution in [2.75, 3.05) is 13.1 Å². The van der Waals surface area contributed by atoms with Crippen LogP contribution in [0.2, 0.25) is 0 Å². The number of likely N-dealkylation sites (tertiary alicyclic amines) is 1. The van der Waals surface area contributed by atoms with Crippen molar-refractivity contribution in [3.63, 3.8) is 0 Å². The first-order valence-corrected chi connectivity index (χ1v) is 9.00. The molecule has 21 heavy (non-hydrogen) atoms.